The van der Waals surface area contributed by atoms with Gasteiger partial charge in [0.15, 0.2) is 0 Å². The molecule has 0 N–H and O–H groups in total. The quantitative estimate of drug-likeness (QED) is 0.690. The van der Waals surface area contributed by atoms with E-state index in [0.717, 1.165) is 6.42 Å². The molecule has 0 amide bonds. The van der Waals surface area contributed by atoms with Gasteiger partial charge < -0.3 is 0 Å². The summed E-state index contributed by atoms with van der Waals surface area (Å²) in [6.07, 6.45) is 1.02. The van der Waals surface area contributed by atoms with Crippen molar-refractivity contribution in [2.75, 3.05) is 0 Å². The lowest BCUT2D eigenvalue weighted by Gasteiger charge is -2.19. The first-order valence-corrected chi connectivity index (χ1v) is 7.02. The molecule has 100 valence electrons. The lowest BCUT2D eigenvalue weighted by Crippen LogP contribution is -2.10. The van der Waals surface area contributed by atoms with Gasteiger partial charge >= 0.3 is 0 Å². The number of rotatable bonds is 2. The van der Waals surface area contributed by atoms with Gasteiger partial charge in [-0.3, -0.25) is 0 Å². The summed E-state index contributed by atoms with van der Waals surface area (Å²) in [6, 6.07) is 15.8. The Morgan fingerprint density at radius 2 is 1.32 bits per heavy atom. The number of aryl methyl sites for hydroxylation is 2. The zero-order chi connectivity index (χ0) is 14.0. The van der Waals surface area contributed by atoms with Crippen LogP contribution in [-0.2, 0) is 11.8 Å². The van der Waals surface area contributed by atoms with Gasteiger partial charge in [0.2, 0.25) is 0 Å². The molecule has 0 atom stereocenters. The summed E-state index contributed by atoms with van der Waals surface area (Å²) >= 11 is 0. The van der Waals surface area contributed by atoms with Crippen molar-refractivity contribution in [2.24, 2.45) is 0 Å². The van der Waals surface area contributed by atoms with Gasteiger partial charge in [-0.1, -0.05) is 63.2 Å². The summed E-state index contributed by atoms with van der Waals surface area (Å²) in [5, 5.41) is 0. The second kappa shape index (κ2) is 5.21. The molecule has 0 radical (unpaired) electrons. The Labute approximate surface area is 117 Å². The molecule has 0 heterocycles. The van der Waals surface area contributed by atoms with Gasteiger partial charge in [-0.05, 0) is 53.5 Å². The van der Waals surface area contributed by atoms with Gasteiger partial charge in [0, 0.05) is 0 Å². The molecule has 0 saturated carbocycles. The average Bonchev–Trinajstić information content (AvgIpc) is 2.33. The van der Waals surface area contributed by atoms with Gasteiger partial charge in [-0.25, -0.2) is 0 Å². The zero-order valence-electron chi connectivity index (χ0n) is 12.7. The van der Waals surface area contributed by atoms with Crippen LogP contribution in [0.4, 0.5) is 0 Å². The molecule has 0 saturated heterocycles. The molecule has 2 aromatic carbocycles. The second-order valence-corrected chi connectivity index (χ2v) is 6.54. The molecule has 0 unspecified atom stereocenters. The highest BCUT2D eigenvalue weighted by Gasteiger charge is 2.12. The van der Waals surface area contributed by atoms with Gasteiger partial charge in [0.05, 0.1) is 0 Å². The predicted octanol–water partition coefficient (Wildman–Crippen LogP) is 5.19. The summed E-state index contributed by atoms with van der Waals surface area (Å²) in [5.74, 6) is 0. The lowest BCUT2D eigenvalue weighted by atomic mass is 9.86. The minimum Gasteiger partial charge on any atom is -0.0588 e. The predicted molar refractivity (Wildman–Crippen MR) is 83.9 cm³/mol. The van der Waals surface area contributed by atoms with E-state index in [1.54, 1.807) is 0 Å². The molecule has 0 aliphatic rings. The Bertz CT molecular complexity index is 554. The third-order valence-corrected chi connectivity index (χ3v) is 3.80. The van der Waals surface area contributed by atoms with Crippen molar-refractivity contribution in [3.8, 4) is 0 Å². The van der Waals surface area contributed by atoms with E-state index < -0.39 is 0 Å². The summed E-state index contributed by atoms with van der Waals surface area (Å²) < 4.78 is 0. The molecule has 0 nitrogen and oxygen atoms in total. The Hall–Kier alpha value is -1.56. The maximum absolute atomic E-state index is 2.30. The van der Waals surface area contributed by atoms with Crippen molar-refractivity contribution in [1.29, 1.82) is 0 Å². The van der Waals surface area contributed by atoms with Crippen molar-refractivity contribution in [1.82, 2.24) is 0 Å². The topological polar surface area (TPSA) is 0 Å². The molecule has 0 fully saturated rings. The van der Waals surface area contributed by atoms with Gasteiger partial charge in [0.25, 0.3) is 0 Å². The van der Waals surface area contributed by atoms with Crippen LogP contribution in [0.1, 0.15) is 48.6 Å². The summed E-state index contributed by atoms with van der Waals surface area (Å²) in [4.78, 5) is 0. The van der Waals surface area contributed by atoms with E-state index in [1.807, 2.05) is 0 Å². The normalized spacial score (nSPS) is 11.6. The summed E-state index contributed by atoms with van der Waals surface area (Å²) in [7, 11) is 0. The fraction of sp³-hybridized carbons (Fsp3) is 0.368. The van der Waals surface area contributed by atoms with Crippen LogP contribution in [0.2, 0.25) is 0 Å². The van der Waals surface area contributed by atoms with Crippen LogP contribution in [0.25, 0.3) is 0 Å². The van der Waals surface area contributed by atoms with Gasteiger partial charge in [-0.2, -0.15) is 0 Å². The molecular weight excluding hydrogens is 228 g/mol. The van der Waals surface area contributed by atoms with Crippen molar-refractivity contribution in [3.05, 3.63) is 70.3 Å². The maximum atomic E-state index is 2.30. The van der Waals surface area contributed by atoms with E-state index >= 15 is 0 Å². The fourth-order valence-electron chi connectivity index (χ4n) is 2.27. The smallest absolute Gasteiger partial charge is 0.00257 e. The molecule has 0 aromatic heterocycles. The van der Waals surface area contributed by atoms with Crippen molar-refractivity contribution >= 4 is 0 Å². The largest absolute Gasteiger partial charge is 0.0588 e. The Kier molecular flexibility index (Phi) is 3.80. The van der Waals surface area contributed by atoms with Crippen LogP contribution >= 0.6 is 0 Å². The fourth-order valence-corrected chi connectivity index (χ4v) is 2.27. The minimum absolute atomic E-state index is 0.235. The lowest BCUT2D eigenvalue weighted by molar-refractivity contribution is 0.590. The molecule has 2 rings (SSSR count). The third kappa shape index (κ3) is 3.47. The SMILES string of the molecule is Cc1ccc(Cc2ccc(C(C)(C)C)cc2)cc1C. The van der Waals surface area contributed by atoms with Gasteiger partial charge in [0.1, 0.15) is 0 Å². The standard InChI is InChI=1S/C19H24/c1-14-6-7-17(12-15(14)2)13-16-8-10-18(11-9-16)19(3,4)5/h6-12H,13H2,1-5H3. The molecule has 0 spiro atoms. The van der Waals surface area contributed by atoms with E-state index in [1.165, 1.54) is 27.8 Å². The van der Waals surface area contributed by atoms with Crippen LogP contribution in [-0.4, -0.2) is 0 Å². The highest BCUT2D eigenvalue weighted by Crippen LogP contribution is 2.23. The molecule has 0 aliphatic heterocycles. The van der Waals surface area contributed by atoms with Crippen molar-refractivity contribution in [2.45, 2.75) is 46.5 Å². The maximum Gasteiger partial charge on any atom is -0.00257 e. The molecule has 0 aliphatic carbocycles. The van der Waals surface area contributed by atoms with E-state index in [2.05, 4.69) is 77.1 Å². The molecular formula is C19H24. The monoisotopic (exact) mass is 252 g/mol. The van der Waals surface area contributed by atoms with Gasteiger partial charge in [-0.15, -0.1) is 0 Å². The van der Waals surface area contributed by atoms with E-state index in [4.69, 9.17) is 0 Å². The second-order valence-electron chi connectivity index (χ2n) is 6.54. The molecule has 0 bridgehead atoms. The Morgan fingerprint density at radius 3 is 1.84 bits per heavy atom. The Morgan fingerprint density at radius 1 is 0.737 bits per heavy atom. The highest BCUT2D eigenvalue weighted by atomic mass is 14.2. The van der Waals surface area contributed by atoms with E-state index in [0.29, 0.717) is 0 Å². The zero-order valence-corrected chi connectivity index (χ0v) is 12.7. The van der Waals surface area contributed by atoms with Crippen molar-refractivity contribution < 1.29 is 0 Å². The Balaban J connectivity index is 2.17. The van der Waals surface area contributed by atoms with Crippen LogP contribution in [0, 0.1) is 13.8 Å². The molecule has 2 aromatic rings. The van der Waals surface area contributed by atoms with E-state index in [9.17, 15) is 0 Å². The van der Waals surface area contributed by atoms with Crippen molar-refractivity contribution in [3.63, 3.8) is 0 Å². The third-order valence-electron chi connectivity index (χ3n) is 3.80. The highest BCUT2D eigenvalue weighted by molar-refractivity contribution is 5.35. The average molecular weight is 252 g/mol. The number of hydrogen-bond donors (Lipinski definition) is 0. The van der Waals surface area contributed by atoms with Crippen LogP contribution in [0.3, 0.4) is 0 Å². The van der Waals surface area contributed by atoms with Crippen LogP contribution in [0.5, 0.6) is 0 Å². The first-order valence-electron chi connectivity index (χ1n) is 7.02. The summed E-state index contributed by atoms with van der Waals surface area (Å²) in [6.45, 7) is 11.1. The molecule has 19 heavy (non-hydrogen) atoms. The first-order chi connectivity index (χ1) is 8.86. The van der Waals surface area contributed by atoms with E-state index in [-0.39, 0.29) is 5.41 Å². The number of hydrogen-bond acceptors (Lipinski definition) is 0. The summed E-state index contributed by atoms with van der Waals surface area (Å²) in [5.41, 5.74) is 7.16. The first kappa shape index (κ1) is 13.9. The van der Waals surface area contributed by atoms with Crippen LogP contribution < -0.4 is 0 Å². The molecule has 0 heteroatoms. The van der Waals surface area contributed by atoms with Crippen LogP contribution in [0.15, 0.2) is 42.5 Å². The minimum atomic E-state index is 0.235. The number of benzene rings is 2.